The topological polar surface area (TPSA) is 41.5 Å². The van der Waals surface area contributed by atoms with Crippen molar-refractivity contribution in [3.05, 3.63) is 29.8 Å². The first-order valence-electron chi connectivity index (χ1n) is 6.30. The van der Waals surface area contributed by atoms with Crippen LogP contribution in [-0.2, 0) is 0 Å². The minimum absolute atomic E-state index is 0.139. The molecule has 0 bridgehead atoms. The van der Waals surface area contributed by atoms with E-state index >= 15 is 0 Å². The van der Waals surface area contributed by atoms with Crippen molar-refractivity contribution in [2.45, 2.75) is 32.7 Å². The summed E-state index contributed by atoms with van der Waals surface area (Å²) in [6.45, 7) is 5.91. The lowest BCUT2D eigenvalue weighted by Crippen LogP contribution is -2.34. The molecule has 1 atom stereocenters. The van der Waals surface area contributed by atoms with E-state index in [9.17, 15) is 0 Å². The van der Waals surface area contributed by atoms with Crippen LogP contribution in [0.2, 0.25) is 0 Å². The number of ether oxygens (including phenoxy) is 1. The SMILES string of the molecule is CCCNC(CO)CCOc1ccc(C)cc1. The van der Waals surface area contributed by atoms with Crippen LogP contribution in [0.1, 0.15) is 25.3 Å². The van der Waals surface area contributed by atoms with Gasteiger partial charge in [0, 0.05) is 6.04 Å². The summed E-state index contributed by atoms with van der Waals surface area (Å²) in [4.78, 5) is 0. The summed E-state index contributed by atoms with van der Waals surface area (Å²) in [5.74, 6) is 0.891. The van der Waals surface area contributed by atoms with Gasteiger partial charge in [-0.1, -0.05) is 24.6 Å². The van der Waals surface area contributed by atoms with E-state index in [0.717, 1.165) is 25.1 Å². The van der Waals surface area contributed by atoms with Gasteiger partial charge in [-0.25, -0.2) is 0 Å². The molecule has 0 fully saturated rings. The third kappa shape index (κ3) is 5.71. The number of aliphatic hydroxyl groups excluding tert-OH is 1. The first kappa shape index (κ1) is 14.0. The lowest BCUT2D eigenvalue weighted by Gasteiger charge is -2.16. The second kappa shape index (κ2) is 8.09. The molecule has 0 heterocycles. The fourth-order valence-electron chi connectivity index (χ4n) is 1.56. The molecule has 0 aliphatic rings. The summed E-state index contributed by atoms with van der Waals surface area (Å²) in [6, 6.07) is 8.16. The van der Waals surface area contributed by atoms with E-state index in [4.69, 9.17) is 9.84 Å². The maximum Gasteiger partial charge on any atom is 0.119 e. The van der Waals surface area contributed by atoms with E-state index in [2.05, 4.69) is 19.2 Å². The van der Waals surface area contributed by atoms with Crippen molar-refractivity contribution in [3.63, 3.8) is 0 Å². The predicted octanol–water partition coefficient (Wildman–Crippen LogP) is 2.12. The fraction of sp³-hybridized carbons (Fsp3) is 0.571. The van der Waals surface area contributed by atoms with Crippen molar-refractivity contribution in [2.24, 2.45) is 0 Å². The Morgan fingerprint density at radius 1 is 1.29 bits per heavy atom. The van der Waals surface area contributed by atoms with Crippen LogP contribution in [0, 0.1) is 6.92 Å². The molecule has 17 heavy (non-hydrogen) atoms. The van der Waals surface area contributed by atoms with Crippen molar-refractivity contribution in [1.29, 1.82) is 0 Å². The number of aryl methyl sites for hydroxylation is 1. The van der Waals surface area contributed by atoms with Crippen LogP contribution in [-0.4, -0.2) is 30.9 Å². The lowest BCUT2D eigenvalue weighted by atomic mass is 10.2. The molecule has 0 amide bonds. The van der Waals surface area contributed by atoms with Crippen molar-refractivity contribution in [2.75, 3.05) is 19.8 Å². The van der Waals surface area contributed by atoms with E-state index in [0.29, 0.717) is 6.61 Å². The van der Waals surface area contributed by atoms with Crippen LogP contribution in [0.5, 0.6) is 5.75 Å². The van der Waals surface area contributed by atoms with Gasteiger partial charge in [0.25, 0.3) is 0 Å². The van der Waals surface area contributed by atoms with Gasteiger partial charge in [0.05, 0.1) is 13.2 Å². The highest BCUT2D eigenvalue weighted by Gasteiger charge is 2.05. The number of rotatable bonds is 8. The van der Waals surface area contributed by atoms with Crippen LogP contribution < -0.4 is 10.1 Å². The van der Waals surface area contributed by atoms with E-state index < -0.39 is 0 Å². The highest BCUT2D eigenvalue weighted by molar-refractivity contribution is 5.26. The molecule has 0 aromatic heterocycles. The zero-order chi connectivity index (χ0) is 12.5. The van der Waals surface area contributed by atoms with Crippen LogP contribution in [0.3, 0.4) is 0 Å². The molecular formula is C14H23NO2. The quantitative estimate of drug-likeness (QED) is 0.727. The molecule has 0 saturated heterocycles. The van der Waals surface area contributed by atoms with Crippen LogP contribution in [0.15, 0.2) is 24.3 Å². The van der Waals surface area contributed by atoms with Crippen molar-refractivity contribution >= 4 is 0 Å². The molecule has 1 rings (SSSR count). The first-order valence-corrected chi connectivity index (χ1v) is 6.30. The summed E-state index contributed by atoms with van der Waals surface area (Å²) >= 11 is 0. The molecule has 0 aliphatic heterocycles. The smallest absolute Gasteiger partial charge is 0.119 e. The highest BCUT2D eigenvalue weighted by atomic mass is 16.5. The molecule has 0 spiro atoms. The molecular weight excluding hydrogens is 214 g/mol. The monoisotopic (exact) mass is 237 g/mol. The molecule has 0 aliphatic carbocycles. The van der Waals surface area contributed by atoms with Crippen LogP contribution in [0.25, 0.3) is 0 Å². The van der Waals surface area contributed by atoms with E-state index in [-0.39, 0.29) is 12.6 Å². The molecule has 0 radical (unpaired) electrons. The Balaban J connectivity index is 2.23. The number of hydrogen-bond donors (Lipinski definition) is 2. The number of benzene rings is 1. The molecule has 0 saturated carbocycles. The molecule has 1 unspecified atom stereocenters. The third-order valence-electron chi connectivity index (χ3n) is 2.66. The Labute approximate surface area is 104 Å². The van der Waals surface area contributed by atoms with Gasteiger partial charge in [-0.2, -0.15) is 0 Å². The van der Waals surface area contributed by atoms with Crippen LogP contribution >= 0.6 is 0 Å². The summed E-state index contributed by atoms with van der Waals surface area (Å²) in [6.07, 6.45) is 1.90. The minimum Gasteiger partial charge on any atom is -0.494 e. The zero-order valence-electron chi connectivity index (χ0n) is 10.8. The van der Waals surface area contributed by atoms with Gasteiger partial charge in [0.15, 0.2) is 0 Å². The Kier molecular flexibility index (Phi) is 6.67. The molecule has 3 heteroatoms. The highest BCUT2D eigenvalue weighted by Crippen LogP contribution is 2.11. The molecule has 1 aromatic carbocycles. The number of aliphatic hydroxyl groups is 1. The van der Waals surface area contributed by atoms with Crippen molar-refractivity contribution in [3.8, 4) is 5.75 Å². The summed E-state index contributed by atoms with van der Waals surface area (Å²) in [7, 11) is 0. The van der Waals surface area contributed by atoms with Crippen LogP contribution in [0.4, 0.5) is 0 Å². The second-order valence-electron chi connectivity index (χ2n) is 4.28. The summed E-state index contributed by atoms with van der Waals surface area (Å²) in [5.41, 5.74) is 1.23. The number of nitrogens with one attached hydrogen (secondary N) is 1. The standard InChI is InChI=1S/C14H23NO2/c1-3-9-15-13(11-16)8-10-17-14-6-4-12(2)5-7-14/h4-7,13,15-16H,3,8-11H2,1-2H3. The molecule has 96 valence electrons. The van der Waals surface area contributed by atoms with Crippen molar-refractivity contribution in [1.82, 2.24) is 5.32 Å². The maximum absolute atomic E-state index is 9.17. The van der Waals surface area contributed by atoms with Gasteiger partial charge in [0.2, 0.25) is 0 Å². The van der Waals surface area contributed by atoms with Crippen molar-refractivity contribution < 1.29 is 9.84 Å². The van der Waals surface area contributed by atoms with Gasteiger partial charge in [-0.05, 0) is 38.4 Å². The summed E-state index contributed by atoms with van der Waals surface area (Å²) < 4.78 is 5.62. The van der Waals surface area contributed by atoms with Gasteiger partial charge >= 0.3 is 0 Å². The Hall–Kier alpha value is -1.06. The average Bonchev–Trinajstić information content (AvgIpc) is 2.36. The second-order valence-corrected chi connectivity index (χ2v) is 4.28. The minimum atomic E-state index is 0.139. The average molecular weight is 237 g/mol. The Morgan fingerprint density at radius 2 is 2.00 bits per heavy atom. The molecule has 1 aromatic rings. The van der Waals surface area contributed by atoms with E-state index in [1.165, 1.54) is 5.56 Å². The largest absolute Gasteiger partial charge is 0.494 e. The fourth-order valence-corrected chi connectivity index (χ4v) is 1.56. The maximum atomic E-state index is 9.17. The first-order chi connectivity index (χ1) is 8.26. The van der Waals surface area contributed by atoms with Gasteiger partial charge < -0.3 is 15.2 Å². The zero-order valence-corrected chi connectivity index (χ0v) is 10.8. The normalized spacial score (nSPS) is 12.4. The third-order valence-corrected chi connectivity index (χ3v) is 2.66. The Morgan fingerprint density at radius 3 is 2.59 bits per heavy atom. The van der Waals surface area contributed by atoms with Gasteiger partial charge in [-0.15, -0.1) is 0 Å². The predicted molar refractivity (Wildman–Crippen MR) is 70.5 cm³/mol. The lowest BCUT2D eigenvalue weighted by molar-refractivity contribution is 0.209. The summed E-state index contributed by atoms with van der Waals surface area (Å²) in [5, 5.41) is 12.5. The van der Waals surface area contributed by atoms with Gasteiger partial charge in [-0.3, -0.25) is 0 Å². The van der Waals surface area contributed by atoms with E-state index in [1.807, 2.05) is 24.3 Å². The van der Waals surface area contributed by atoms with E-state index in [1.54, 1.807) is 0 Å². The molecule has 2 N–H and O–H groups in total. The molecule has 3 nitrogen and oxygen atoms in total. The van der Waals surface area contributed by atoms with Gasteiger partial charge in [0.1, 0.15) is 5.75 Å². The number of hydrogen-bond acceptors (Lipinski definition) is 3. The Bertz CT molecular complexity index is 298.